The van der Waals surface area contributed by atoms with Crippen LogP contribution in [0.5, 0.6) is 5.88 Å². The molecule has 5 nitrogen and oxygen atoms in total. The maximum Gasteiger partial charge on any atom is 0.343 e. The van der Waals surface area contributed by atoms with E-state index in [1.54, 1.807) is 12.3 Å². The van der Waals surface area contributed by atoms with Gasteiger partial charge in [0.15, 0.2) is 0 Å². The largest absolute Gasteiger partial charge is 0.480 e. The zero-order valence-corrected chi connectivity index (χ0v) is 9.40. The molecule has 0 aliphatic rings. The van der Waals surface area contributed by atoms with E-state index in [2.05, 4.69) is 9.72 Å². The molecule has 5 heteroatoms. The summed E-state index contributed by atoms with van der Waals surface area (Å²) < 4.78 is 9.60. The summed E-state index contributed by atoms with van der Waals surface area (Å²) in [4.78, 5) is 15.4. The molecule has 0 amide bonds. The SMILES string of the molecule is COC(=O)c1cc(CCCO)cnc1OC. The Kier molecular flexibility index (Phi) is 4.72. The maximum atomic E-state index is 11.4. The maximum absolute atomic E-state index is 11.4. The van der Waals surface area contributed by atoms with Gasteiger partial charge in [-0.25, -0.2) is 9.78 Å². The Labute approximate surface area is 94.0 Å². The van der Waals surface area contributed by atoms with E-state index in [4.69, 9.17) is 9.84 Å². The minimum atomic E-state index is -0.477. The van der Waals surface area contributed by atoms with Crippen molar-refractivity contribution in [1.82, 2.24) is 4.98 Å². The van der Waals surface area contributed by atoms with Crippen LogP contribution in [0.3, 0.4) is 0 Å². The summed E-state index contributed by atoms with van der Waals surface area (Å²) in [6.45, 7) is 0.111. The van der Waals surface area contributed by atoms with E-state index in [-0.39, 0.29) is 12.5 Å². The number of aliphatic hydroxyl groups excluding tert-OH is 1. The number of ether oxygens (including phenoxy) is 2. The Balaban J connectivity index is 2.96. The topological polar surface area (TPSA) is 68.7 Å². The molecule has 0 atom stereocenters. The van der Waals surface area contributed by atoms with E-state index in [9.17, 15) is 4.79 Å². The van der Waals surface area contributed by atoms with Gasteiger partial charge < -0.3 is 14.6 Å². The van der Waals surface area contributed by atoms with Crippen LogP contribution >= 0.6 is 0 Å². The Morgan fingerprint density at radius 1 is 1.50 bits per heavy atom. The van der Waals surface area contributed by atoms with Crippen molar-refractivity contribution in [2.45, 2.75) is 12.8 Å². The first-order valence-electron chi connectivity index (χ1n) is 4.95. The minimum Gasteiger partial charge on any atom is -0.480 e. The molecule has 0 aromatic carbocycles. The third-order valence-corrected chi connectivity index (χ3v) is 2.13. The first-order valence-corrected chi connectivity index (χ1v) is 4.95. The Hall–Kier alpha value is -1.62. The van der Waals surface area contributed by atoms with Crippen LogP contribution in [0.25, 0.3) is 0 Å². The predicted molar refractivity (Wildman–Crippen MR) is 57.5 cm³/mol. The zero-order valence-electron chi connectivity index (χ0n) is 9.40. The molecule has 0 radical (unpaired) electrons. The highest BCUT2D eigenvalue weighted by molar-refractivity contribution is 5.91. The molecule has 0 bridgehead atoms. The normalized spacial score (nSPS) is 9.94. The van der Waals surface area contributed by atoms with Crippen LogP contribution < -0.4 is 4.74 Å². The fraction of sp³-hybridized carbons (Fsp3) is 0.455. The van der Waals surface area contributed by atoms with E-state index in [0.717, 1.165) is 5.56 Å². The fourth-order valence-corrected chi connectivity index (χ4v) is 1.33. The monoisotopic (exact) mass is 225 g/mol. The quantitative estimate of drug-likeness (QED) is 0.751. The van der Waals surface area contributed by atoms with Crippen molar-refractivity contribution >= 4 is 5.97 Å². The van der Waals surface area contributed by atoms with Crippen LogP contribution in [0.2, 0.25) is 0 Å². The lowest BCUT2D eigenvalue weighted by atomic mass is 10.1. The molecular formula is C11H15NO4. The lowest BCUT2D eigenvalue weighted by molar-refractivity contribution is 0.0596. The highest BCUT2D eigenvalue weighted by Gasteiger charge is 2.14. The Morgan fingerprint density at radius 2 is 2.25 bits per heavy atom. The summed E-state index contributed by atoms with van der Waals surface area (Å²) in [7, 11) is 2.75. The fourth-order valence-electron chi connectivity index (χ4n) is 1.33. The predicted octanol–water partition coefficient (Wildman–Crippen LogP) is 0.802. The molecule has 0 fully saturated rings. The highest BCUT2D eigenvalue weighted by Crippen LogP contribution is 2.18. The second-order valence-electron chi connectivity index (χ2n) is 3.22. The van der Waals surface area contributed by atoms with Gasteiger partial charge in [0, 0.05) is 12.8 Å². The number of hydrogen-bond donors (Lipinski definition) is 1. The van der Waals surface area contributed by atoms with Gasteiger partial charge in [-0.05, 0) is 24.5 Å². The molecule has 0 aliphatic carbocycles. The molecule has 0 spiro atoms. The third kappa shape index (κ3) is 2.93. The van der Waals surface area contributed by atoms with E-state index in [1.807, 2.05) is 0 Å². The number of esters is 1. The standard InChI is InChI=1S/C11H15NO4/c1-15-10-9(11(14)16-2)6-8(7-12-10)4-3-5-13/h6-7,13H,3-5H2,1-2H3. The summed E-state index contributed by atoms with van der Waals surface area (Å²) in [5.74, 6) is -0.227. The van der Waals surface area contributed by atoms with Crippen molar-refractivity contribution in [2.24, 2.45) is 0 Å². The second-order valence-corrected chi connectivity index (χ2v) is 3.22. The van der Waals surface area contributed by atoms with Crippen LogP contribution in [0.4, 0.5) is 0 Å². The van der Waals surface area contributed by atoms with Crippen molar-refractivity contribution in [1.29, 1.82) is 0 Å². The average molecular weight is 225 g/mol. The van der Waals surface area contributed by atoms with E-state index in [0.29, 0.717) is 18.4 Å². The molecule has 1 N–H and O–H groups in total. The van der Waals surface area contributed by atoms with Crippen molar-refractivity contribution in [2.75, 3.05) is 20.8 Å². The number of aliphatic hydroxyl groups is 1. The van der Waals surface area contributed by atoms with Gasteiger partial charge in [-0.2, -0.15) is 0 Å². The molecular weight excluding hydrogens is 210 g/mol. The van der Waals surface area contributed by atoms with Gasteiger partial charge in [0.05, 0.1) is 14.2 Å². The zero-order chi connectivity index (χ0) is 12.0. The van der Waals surface area contributed by atoms with Gasteiger partial charge in [-0.15, -0.1) is 0 Å². The van der Waals surface area contributed by atoms with Crippen LogP contribution in [0.15, 0.2) is 12.3 Å². The lowest BCUT2D eigenvalue weighted by Gasteiger charge is -2.07. The summed E-state index contributed by atoms with van der Waals surface area (Å²) in [5, 5.41) is 8.72. The first-order chi connectivity index (χ1) is 7.72. The van der Waals surface area contributed by atoms with Gasteiger partial charge in [0.25, 0.3) is 0 Å². The molecule has 1 rings (SSSR count). The highest BCUT2D eigenvalue weighted by atomic mass is 16.5. The number of aryl methyl sites for hydroxylation is 1. The molecule has 16 heavy (non-hydrogen) atoms. The van der Waals surface area contributed by atoms with Gasteiger partial charge in [0.2, 0.25) is 5.88 Å². The van der Waals surface area contributed by atoms with Gasteiger partial charge >= 0.3 is 5.97 Å². The summed E-state index contributed by atoms with van der Waals surface area (Å²) in [6.07, 6.45) is 2.92. The van der Waals surface area contributed by atoms with Crippen molar-refractivity contribution in [3.8, 4) is 5.88 Å². The molecule has 1 heterocycles. The van der Waals surface area contributed by atoms with Crippen molar-refractivity contribution in [3.63, 3.8) is 0 Å². The molecule has 88 valence electrons. The third-order valence-electron chi connectivity index (χ3n) is 2.13. The number of pyridine rings is 1. The second kappa shape index (κ2) is 6.07. The number of aromatic nitrogens is 1. The molecule has 0 saturated heterocycles. The number of rotatable bonds is 5. The molecule has 0 saturated carbocycles. The van der Waals surface area contributed by atoms with Gasteiger partial charge in [0.1, 0.15) is 5.56 Å². The van der Waals surface area contributed by atoms with Crippen LogP contribution in [-0.4, -0.2) is 36.9 Å². The summed E-state index contributed by atoms with van der Waals surface area (Å²) in [5.41, 5.74) is 1.18. The van der Waals surface area contributed by atoms with E-state index >= 15 is 0 Å². The lowest BCUT2D eigenvalue weighted by Crippen LogP contribution is -2.06. The first kappa shape index (κ1) is 12.4. The summed E-state index contributed by atoms with van der Waals surface area (Å²) >= 11 is 0. The van der Waals surface area contributed by atoms with Crippen LogP contribution in [-0.2, 0) is 11.2 Å². The van der Waals surface area contributed by atoms with E-state index < -0.39 is 5.97 Å². The smallest absolute Gasteiger partial charge is 0.343 e. The number of methoxy groups -OCH3 is 2. The molecule has 1 aromatic heterocycles. The number of hydrogen-bond acceptors (Lipinski definition) is 5. The number of carbonyl (C=O) groups is 1. The van der Waals surface area contributed by atoms with E-state index in [1.165, 1.54) is 14.2 Å². The van der Waals surface area contributed by atoms with Gasteiger partial charge in [-0.1, -0.05) is 0 Å². The molecule has 0 aliphatic heterocycles. The number of nitrogens with zero attached hydrogens (tertiary/aromatic N) is 1. The Morgan fingerprint density at radius 3 is 2.81 bits per heavy atom. The van der Waals surface area contributed by atoms with Gasteiger partial charge in [-0.3, -0.25) is 0 Å². The van der Waals surface area contributed by atoms with Crippen LogP contribution in [0.1, 0.15) is 22.3 Å². The average Bonchev–Trinajstić information content (AvgIpc) is 2.35. The van der Waals surface area contributed by atoms with Crippen molar-refractivity contribution < 1.29 is 19.4 Å². The van der Waals surface area contributed by atoms with Crippen LogP contribution in [0, 0.1) is 0 Å². The molecule has 0 unspecified atom stereocenters. The van der Waals surface area contributed by atoms with Crippen molar-refractivity contribution in [3.05, 3.63) is 23.4 Å². The minimum absolute atomic E-state index is 0.111. The molecule has 1 aromatic rings. The number of carbonyl (C=O) groups excluding carboxylic acids is 1. The summed E-state index contributed by atoms with van der Waals surface area (Å²) in [6, 6.07) is 1.67. The Bertz CT molecular complexity index is 365.